The summed E-state index contributed by atoms with van der Waals surface area (Å²) in [4.78, 5) is 10.3. The van der Waals surface area contributed by atoms with Crippen LogP contribution in [0.3, 0.4) is 0 Å². The van der Waals surface area contributed by atoms with Crippen LogP contribution < -0.4 is 11.1 Å². The van der Waals surface area contributed by atoms with E-state index in [9.17, 15) is 18.0 Å². The van der Waals surface area contributed by atoms with Gasteiger partial charge >= 0.3 is 12.3 Å². The second kappa shape index (κ2) is 5.94. The highest BCUT2D eigenvalue weighted by molar-refractivity contribution is 9.10. The minimum Gasteiger partial charge on any atom is -0.448 e. The molecule has 1 amide bonds. The van der Waals surface area contributed by atoms with Gasteiger partial charge in [0, 0.05) is 16.7 Å². The number of ether oxygens (including phenoxy) is 1. The average molecular weight is 327 g/mol. The van der Waals surface area contributed by atoms with Crippen molar-refractivity contribution in [1.82, 2.24) is 0 Å². The quantitative estimate of drug-likeness (QED) is 0.836. The lowest BCUT2D eigenvalue weighted by molar-refractivity contribution is -0.137. The standard InChI is InChI=1S/C10H10BrF3N2O2/c11-7-5-6(10(12,13)14)1-2-8(7)16-3-4-18-9(15)17/h1-2,5,16H,3-4H2,(H2,15,17). The smallest absolute Gasteiger partial charge is 0.416 e. The first-order valence-corrected chi connectivity index (χ1v) is 5.63. The predicted octanol–water partition coefficient (Wildman–Crippen LogP) is 2.98. The molecule has 100 valence electrons. The number of carbonyl (C=O) groups excluding carboxylic acids is 1. The van der Waals surface area contributed by atoms with E-state index in [0.29, 0.717) is 5.69 Å². The number of nitrogens with two attached hydrogens (primary N) is 1. The number of benzene rings is 1. The summed E-state index contributed by atoms with van der Waals surface area (Å²) in [7, 11) is 0. The maximum atomic E-state index is 12.4. The summed E-state index contributed by atoms with van der Waals surface area (Å²) in [5, 5.41) is 2.80. The summed E-state index contributed by atoms with van der Waals surface area (Å²) in [6.45, 7) is 0.274. The molecule has 1 rings (SSSR count). The van der Waals surface area contributed by atoms with Gasteiger partial charge in [0.25, 0.3) is 0 Å². The van der Waals surface area contributed by atoms with Gasteiger partial charge < -0.3 is 15.8 Å². The van der Waals surface area contributed by atoms with Gasteiger partial charge in [-0.1, -0.05) is 0 Å². The Bertz CT molecular complexity index is 438. The van der Waals surface area contributed by atoms with Crippen LogP contribution >= 0.6 is 15.9 Å². The Morgan fingerprint density at radius 1 is 1.44 bits per heavy atom. The van der Waals surface area contributed by atoms with Crippen molar-refractivity contribution in [2.24, 2.45) is 5.73 Å². The highest BCUT2D eigenvalue weighted by Crippen LogP contribution is 2.33. The molecule has 0 fully saturated rings. The molecule has 0 spiro atoms. The van der Waals surface area contributed by atoms with Gasteiger partial charge in [0.05, 0.1) is 5.56 Å². The molecule has 0 bridgehead atoms. The second-order valence-electron chi connectivity index (χ2n) is 3.29. The Balaban J connectivity index is 2.60. The molecule has 0 radical (unpaired) electrons. The molecule has 18 heavy (non-hydrogen) atoms. The van der Waals surface area contributed by atoms with Crippen molar-refractivity contribution in [3.63, 3.8) is 0 Å². The van der Waals surface area contributed by atoms with E-state index < -0.39 is 17.8 Å². The summed E-state index contributed by atoms with van der Waals surface area (Å²) in [5.41, 5.74) is 4.47. The molecular weight excluding hydrogens is 317 g/mol. The fraction of sp³-hybridized carbons (Fsp3) is 0.300. The molecule has 0 heterocycles. The van der Waals surface area contributed by atoms with E-state index in [1.807, 2.05) is 0 Å². The van der Waals surface area contributed by atoms with Crippen LogP contribution in [0.1, 0.15) is 5.56 Å². The second-order valence-corrected chi connectivity index (χ2v) is 4.14. The molecule has 4 nitrogen and oxygen atoms in total. The summed E-state index contributed by atoms with van der Waals surface area (Å²) < 4.78 is 41.9. The number of halogens is 4. The zero-order chi connectivity index (χ0) is 13.8. The zero-order valence-electron chi connectivity index (χ0n) is 9.05. The van der Waals surface area contributed by atoms with Gasteiger partial charge in [0.2, 0.25) is 0 Å². The number of hydrogen-bond donors (Lipinski definition) is 2. The van der Waals surface area contributed by atoms with Gasteiger partial charge in [-0.3, -0.25) is 0 Å². The van der Waals surface area contributed by atoms with Crippen molar-refractivity contribution < 1.29 is 22.7 Å². The molecule has 0 saturated heterocycles. The van der Waals surface area contributed by atoms with Crippen LogP contribution in [0.4, 0.5) is 23.7 Å². The third-order valence-corrected chi connectivity index (χ3v) is 2.61. The molecule has 1 aromatic carbocycles. The van der Waals surface area contributed by atoms with Gasteiger partial charge in [0.15, 0.2) is 0 Å². The van der Waals surface area contributed by atoms with Crippen molar-refractivity contribution >= 4 is 27.7 Å². The highest BCUT2D eigenvalue weighted by atomic mass is 79.9. The lowest BCUT2D eigenvalue weighted by Gasteiger charge is -2.11. The first kappa shape index (κ1) is 14.6. The molecule has 1 aromatic rings. The lowest BCUT2D eigenvalue weighted by atomic mass is 10.2. The minimum atomic E-state index is -4.38. The summed E-state index contributed by atoms with van der Waals surface area (Å²) in [6, 6.07) is 3.22. The maximum Gasteiger partial charge on any atom is 0.416 e. The number of rotatable bonds is 4. The van der Waals surface area contributed by atoms with Gasteiger partial charge in [-0.05, 0) is 34.1 Å². The van der Waals surface area contributed by atoms with E-state index >= 15 is 0 Å². The predicted molar refractivity (Wildman–Crippen MR) is 63.2 cm³/mol. The van der Waals surface area contributed by atoms with Crippen LogP contribution in [-0.4, -0.2) is 19.2 Å². The van der Waals surface area contributed by atoms with E-state index in [2.05, 4.69) is 26.0 Å². The Morgan fingerprint density at radius 2 is 2.11 bits per heavy atom. The van der Waals surface area contributed by atoms with Gasteiger partial charge in [-0.25, -0.2) is 4.79 Å². The Hall–Kier alpha value is -1.44. The fourth-order valence-electron chi connectivity index (χ4n) is 1.17. The first-order chi connectivity index (χ1) is 8.30. The minimum absolute atomic E-state index is 0.0306. The van der Waals surface area contributed by atoms with Crippen molar-refractivity contribution in [2.45, 2.75) is 6.18 Å². The van der Waals surface area contributed by atoms with Crippen LogP contribution in [0.2, 0.25) is 0 Å². The summed E-state index contributed by atoms with van der Waals surface area (Å²) in [6.07, 6.45) is -5.28. The molecule has 0 aliphatic carbocycles. The Labute approximate surface area is 109 Å². The number of nitrogens with one attached hydrogen (secondary N) is 1. The van der Waals surface area contributed by atoms with Gasteiger partial charge in [-0.2, -0.15) is 13.2 Å². The summed E-state index contributed by atoms with van der Waals surface area (Å²) >= 11 is 3.03. The van der Waals surface area contributed by atoms with E-state index in [-0.39, 0.29) is 17.6 Å². The Kier molecular flexibility index (Phi) is 4.83. The number of carbonyl (C=O) groups is 1. The molecule has 0 saturated carbocycles. The van der Waals surface area contributed by atoms with E-state index in [0.717, 1.165) is 12.1 Å². The topological polar surface area (TPSA) is 64.4 Å². The molecule has 0 unspecified atom stereocenters. The number of primary amides is 1. The van der Waals surface area contributed by atoms with Crippen LogP contribution in [0.25, 0.3) is 0 Å². The molecule has 0 aromatic heterocycles. The van der Waals surface area contributed by atoms with Crippen LogP contribution in [-0.2, 0) is 10.9 Å². The van der Waals surface area contributed by atoms with Crippen molar-refractivity contribution in [2.75, 3.05) is 18.5 Å². The molecular formula is C10H10BrF3N2O2. The van der Waals surface area contributed by atoms with Gasteiger partial charge in [0.1, 0.15) is 6.61 Å². The molecule has 0 atom stereocenters. The van der Waals surface area contributed by atoms with E-state index in [4.69, 9.17) is 5.73 Å². The van der Waals surface area contributed by atoms with E-state index in [1.54, 1.807) is 0 Å². The third-order valence-electron chi connectivity index (χ3n) is 1.96. The van der Waals surface area contributed by atoms with Crippen LogP contribution in [0.5, 0.6) is 0 Å². The van der Waals surface area contributed by atoms with Crippen molar-refractivity contribution in [1.29, 1.82) is 0 Å². The highest BCUT2D eigenvalue weighted by Gasteiger charge is 2.30. The number of hydrogen-bond acceptors (Lipinski definition) is 3. The van der Waals surface area contributed by atoms with E-state index in [1.165, 1.54) is 6.07 Å². The monoisotopic (exact) mass is 326 g/mol. The molecule has 8 heteroatoms. The van der Waals surface area contributed by atoms with Gasteiger partial charge in [-0.15, -0.1) is 0 Å². The summed E-state index contributed by atoms with van der Waals surface area (Å²) in [5.74, 6) is 0. The first-order valence-electron chi connectivity index (χ1n) is 4.83. The van der Waals surface area contributed by atoms with Crippen LogP contribution in [0, 0.1) is 0 Å². The normalized spacial score (nSPS) is 11.1. The largest absolute Gasteiger partial charge is 0.448 e. The average Bonchev–Trinajstić information content (AvgIpc) is 2.24. The SMILES string of the molecule is NC(=O)OCCNc1ccc(C(F)(F)F)cc1Br. The van der Waals surface area contributed by atoms with Crippen molar-refractivity contribution in [3.05, 3.63) is 28.2 Å². The Morgan fingerprint density at radius 3 is 2.61 bits per heavy atom. The van der Waals surface area contributed by atoms with Crippen molar-refractivity contribution in [3.8, 4) is 0 Å². The number of anilines is 1. The van der Waals surface area contributed by atoms with Crippen LogP contribution in [0.15, 0.2) is 22.7 Å². The zero-order valence-corrected chi connectivity index (χ0v) is 10.6. The maximum absolute atomic E-state index is 12.4. The lowest BCUT2D eigenvalue weighted by Crippen LogP contribution is -2.18. The number of alkyl halides is 3. The fourth-order valence-corrected chi connectivity index (χ4v) is 1.69. The third kappa shape index (κ3) is 4.44. The molecule has 3 N–H and O–H groups in total. The molecule has 0 aliphatic heterocycles. The number of amides is 1. The molecule has 0 aliphatic rings.